The fourth-order valence-corrected chi connectivity index (χ4v) is 2.40. The van der Waals surface area contributed by atoms with Crippen LogP contribution >= 0.6 is 0 Å². The van der Waals surface area contributed by atoms with Crippen LogP contribution in [0.2, 0.25) is 0 Å². The maximum absolute atomic E-state index is 8.62. The molecule has 1 aromatic rings. The molecule has 0 radical (unpaired) electrons. The molecule has 0 aliphatic rings. The molecule has 0 heterocycles. The molecule has 0 unspecified atom stereocenters. The van der Waals surface area contributed by atoms with Gasteiger partial charge < -0.3 is 16.3 Å². The van der Waals surface area contributed by atoms with Crippen LogP contribution < -0.4 is 11.1 Å². The molecule has 0 saturated heterocycles. The zero-order chi connectivity index (χ0) is 15.8. The molecule has 21 heavy (non-hydrogen) atoms. The van der Waals surface area contributed by atoms with Crippen molar-refractivity contribution in [3.8, 4) is 0 Å². The molecule has 5 heteroatoms. The summed E-state index contributed by atoms with van der Waals surface area (Å²) in [5, 5.41) is 15.1. The van der Waals surface area contributed by atoms with Gasteiger partial charge >= 0.3 is 0 Å². The number of nitrogens with zero attached hydrogens (tertiary/aromatic N) is 2. The number of hydrogen-bond acceptors (Lipinski definition) is 4. The topological polar surface area (TPSA) is 73.9 Å². The molecule has 0 atom stereocenters. The molecule has 5 nitrogen and oxygen atoms in total. The van der Waals surface area contributed by atoms with Gasteiger partial charge in [-0.2, -0.15) is 0 Å². The molecule has 0 aliphatic heterocycles. The lowest BCUT2D eigenvalue weighted by molar-refractivity contribution is 0.176. The van der Waals surface area contributed by atoms with Crippen molar-refractivity contribution in [1.29, 1.82) is 0 Å². The molecule has 0 aromatic heterocycles. The second-order valence-corrected chi connectivity index (χ2v) is 5.78. The summed E-state index contributed by atoms with van der Waals surface area (Å²) in [4.78, 5) is 2.47. The first-order chi connectivity index (χ1) is 9.95. The Hall–Kier alpha value is -1.59. The fourth-order valence-electron chi connectivity index (χ4n) is 2.40. The van der Waals surface area contributed by atoms with Crippen LogP contribution in [0.25, 0.3) is 0 Å². The Bertz CT molecular complexity index is 432. The smallest absolute Gasteiger partial charge is 0.170 e. The van der Waals surface area contributed by atoms with E-state index in [-0.39, 0.29) is 5.84 Å². The highest BCUT2D eigenvalue weighted by Gasteiger charge is 2.11. The molecule has 118 valence electrons. The Morgan fingerprint density at radius 1 is 1.19 bits per heavy atom. The van der Waals surface area contributed by atoms with Gasteiger partial charge in [0.25, 0.3) is 0 Å². The summed E-state index contributed by atoms with van der Waals surface area (Å²) in [5.41, 5.74) is 7.45. The van der Waals surface area contributed by atoms with Gasteiger partial charge in [0, 0.05) is 37.3 Å². The highest BCUT2D eigenvalue weighted by atomic mass is 16.4. The zero-order valence-corrected chi connectivity index (χ0v) is 13.5. The highest BCUT2D eigenvalue weighted by molar-refractivity contribution is 5.96. The van der Waals surface area contributed by atoms with Crippen LogP contribution in [-0.2, 0) is 6.54 Å². The predicted octanol–water partition coefficient (Wildman–Crippen LogP) is 1.99. The van der Waals surface area contributed by atoms with Crippen LogP contribution in [0.15, 0.2) is 29.4 Å². The van der Waals surface area contributed by atoms with Crippen LogP contribution in [0, 0.1) is 0 Å². The number of hydrogen-bond donors (Lipinski definition) is 3. The third-order valence-corrected chi connectivity index (χ3v) is 3.56. The van der Waals surface area contributed by atoms with Crippen molar-refractivity contribution in [1.82, 2.24) is 10.2 Å². The third kappa shape index (κ3) is 5.73. The molecule has 0 aliphatic carbocycles. The molecule has 1 aromatic carbocycles. The second kappa shape index (κ2) is 8.64. The number of rotatable bonds is 8. The molecule has 0 fully saturated rings. The lowest BCUT2D eigenvalue weighted by Gasteiger charge is -2.30. The molecule has 0 spiro atoms. The SMILES string of the molecule is CC(C)N(CCNCc1ccc(C(N)=NO)cc1)C(C)C. The van der Waals surface area contributed by atoms with Crippen LogP contribution in [0.4, 0.5) is 0 Å². The maximum atomic E-state index is 8.62. The van der Waals surface area contributed by atoms with E-state index in [0.717, 1.165) is 25.2 Å². The first-order valence-electron chi connectivity index (χ1n) is 7.49. The Kier molecular flexibility index (Phi) is 7.19. The van der Waals surface area contributed by atoms with E-state index in [0.29, 0.717) is 12.1 Å². The number of nitrogens with two attached hydrogens (primary N) is 1. The standard InChI is InChI=1S/C16H28N4O/c1-12(2)20(13(3)4)10-9-18-11-14-5-7-15(8-6-14)16(17)19-21/h5-8,12-13,18,21H,9-11H2,1-4H3,(H2,17,19). The average molecular weight is 292 g/mol. The van der Waals surface area contributed by atoms with Crippen molar-refractivity contribution >= 4 is 5.84 Å². The van der Waals surface area contributed by atoms with Crippen molar-refractivity contribution < 1.29 is 5.21 Å². The Labute approximate surface area is 127 Å². The van der Waals surface area contributed by atoms with Gasteiger partial charge in [0.05, 0.1) is 0 Å². The quantitative estimate of drug-likeness (QED) is 0.225. The van der Waals surface area contributed by atoms with E-state index in [2.05, 4.69) is 43.1 Å². The minimum Gasteiger partial charge on any atom is -0.409 e. The summed E-state index contributed by atoms with van der Waals surface area (Å²) in [6, 6.07) is 8.83. The average Bonchev–Trinajstić information content (AvgIpc) is 2.46. The maximum Gasteiger partial charge on any atom is 0.170 e. The van der Waals surface area contributed by atoms with Gasteiger partial charge in [-0.15, -0.1) is 0 Å². The van der Waals surface area contributed by atoms with Crippen molar-refractivity contribution in [2.45, 2.75) is 46.3 Å². The molecular formula is C16H28N4O. The van der Waals surface area contributed by atoms with Crippen molar-refractivity contribution in [2.24, 2.45) is 10.9 Å². The van der Waals surface area contributed by atoms with Gasteiger partial charge in [0.1, 0.15) is 0 Å². The zero-order valence-electron chi connectivity index (χ0n) is 13.5. The van der Waals surface area contributed by atoms with Crippen LogP contribution in [0.3, 0.4) is 0 Å². The van der Waals surface area contributed by atoms with E-state index in [1.807, 2.05) is 24.3 Å². The van der Waals surface area contributed by atoms with Gasteiger partial charge in [0.15, 0.2) is 5.84 Å². The lowest BCUT2D eigenvalue weighted by Crippen LogP contribution is -2.41. The number of nitrogens with one attached hydrogen (secondary N) is 1. The van der Waals surface area contributed by atoms with Crippen LogP contribution in [0.5, 0.6) is 0 Å². The lowest BCUT2D eigenvalue weighted by atomic mass is 10.1. The van der Waals surface area contributed by atoms with E-state index in [1.54, 1.807) is 0 Å². The van der Waals surface area contributed by atoms with Crippen LogP contribution in [-0.4, -0.2) is 41.1 Å². The van der Waals surface area contributed by atoms with E-state index in [4.69, 9.17) is 10.9 Å². The van der Waals surface area contributed by atoms with E-state index >= 15 is 0 Å². The molecule has 4 N–H and O–H groups in total. The predicted molar refractivity (Wildman–Crippen MR) is 87.6 cm³/mol. The highest BCUT2D eigenvalue weighted by Crippen LogP contribution is 2.05. The van der Waals surface area contributed by atoms with Gasteiger partial charge in [-0.1, -0.05) is 29.4 Å². The summed E-state index contributed by atoms with van der Waals surface area (Å²) < 4.78 is 0. The summed E-state index contributed by atoms with van der Waals surface area (Å²) in [5.74, 6) is 0.138. The van der Waals surface area contributed by atoms with Gasteiger partial charge in [-0.3, -0.25) is 4.90 Å². The first-order valence-corrected chi connectivity index (χ1v) is 7.49. The fraction of sp³-hybridized carbons (Fsp3) is 0.562. The second-order valence-electron chi connectivity index (χ2n) is 5.78. The van der Waals surface area contributed by atoms with Crippen LogP contribution in [0.1, 0.15) is 38.8 Å². The summed E-state index contributed by atoms with van der Waals surface area (Å²) in [7, 11) is 0. The summed E-state index contributed by atoms with van der Waals surface area (Å²) >= 11 is 0. The molecular weight excluding hydrogens is 264 g/mol. The van der Waals surface area contributed by atoms with E-state index in [9.17, 15) is 0 Å². The van der Waals surface area contributed by atoms with Gasteiger partial charge in [-0.25, -0.2) is 0 Å². The van der Waals surface area contributed by atoms with E-state index in [1.165, 1.54) is 5.56 Å². The largest absolute Gasteiger partial charge is 0.409 e. The molecule has 0 amide bonds. The third-order valence-electron chi connectivity index (χ3n) is 3.56. The Morgan fingerprint density at radius 3 is 2.24 bits per heavy atom. The Morgan fingerprint density at radius 2 is 1.76 bits per heavy atom. The van der Waals surface area contributed by atoms with Gasteiger partial charge in [0.2, 0.25) is 0 Å². The number of benzene rings is 1. The summed E-state index contributed by atoms with van der Waals surface area (Å²) in [6.07, 6.45) is 0. The molecule has 0 bridgehead atoms. The summed E-state index contributed by atoms with van der Waals surface area (Å²) in [6.45, 7) is 11.7. The first kappa shape index (κ1) is 17.5. The minimum absolute atomic E-state index is 0.138. The molecule has 0 saturated carbocycles. The number of oxime groups is 1. The van der Waals surface area contributed by atoms with E-state index < -0.39 is 0 Å². The normalized spacial score (nSPS) is 12.6. The Balaban J connectivity index is 2.39. The van der Waals surface area contributed by atoms with Crippen molar-refractivity contribution in [2.75, 3.05) is 13.1 Å². The van der Waals surface area contributed by atoms with Crippen molar-refractivity contribution in [3.05, 3.63) is 35.4 Å². The van der Waals surface area contributed by atoms with Crippen molar-refractivity contribution in [3.63, 3.8) is 0 Å². The van der Waals surface area contributed by atoms with Gasteiger partial charge in [-0.05, 0) is 33.3 Å². The molecule has 1 rings (SSSR count). The number of amidine groups is 1. The minimum atomic E-state index is 0.138. The monoisotopic (exact) mass is 292 g/mol.